The molecule has 0 bridgehead atoms. The molecule has 1 aromatic rings. The Bertz CT molecular complexity index is 490. The Balaban J connectivity index is 2.13. The molecule has 6 heteroatoms. The predicted molar refractivity (Wildman–Crippen MR) is 62.6 cm³/mol. The number of ketones is 1. The molecule has 0 spiro atoms. The van der Waals surface area contributed by atoms with E-state index < -0.39 is 10.7 Å². The minimum absolute atomic E-state index is 0.159. The Kier molecular flexibility index (Phi) is 3.66. The van der Waals surface area contributed by atoms with Crippen LogP contribution in [0.15, 0.2) is 18.2 Å². The van der Waals surface area contributed by atoms with Crippen molar-refractivity contribution in [3.05, 3.63) is 39.7 Å². The zero-order valence-electron chi connectivity index (χ0n) is 9.76. The molecule has 0 amide bonds. The smallest absolute Gasteiger partial charge is 0.272 e. The van der Waals surface area contributed by atoms with Crippen LogP contribution in [-0.2, 0) is 11.3 Å². The molecule has 0 radical (unpaired) electrons. The van der Waals surface area contributed by atoms with Gasteiger partial charge in [-0.3, -0.25) is 19.8 Å². The van der Waals surface area contributed by atoms with Gasteiger partial charge in [0.2, 0.25) is 0 Å². The summed E-state index contributed by atoms with van der Waals surface area (Å²) in [5.74, 6) is -0.463. The van der Waals surface area contributed by atoms with Crippen LogP contribution in [0.25, 0.3) is 0 Å². The first-order valence-electron chi connectivity index (χ1n) is 5.72. The van der Waals surface area contributed by atoms with Gasteiger partial charge in [-0.1, -0.05) is 0 Å². The summed E-state index contributed by atoms with van der Waals surface area (Å²) in [6.45, 7) is 1.46. The third kappa shape index (κ3) is 3.10. The van der Waals surface area contributed by atoms with E-state index >= 15 is 0 Å². The lowest BCUT2D eigenvalue weighted by atomic mass is 10.1. The van der Waals surface area contributed by atoms with Gasteiger partial charge in [0.15, 0.2) is 0 Å². The number of rotatable bonds is 3. The van der Waals surface area contributed by atoms with Gasteiger partial charge in [0.05, 0.1) is 17.5 Å². The molecular formula is C12H13FN2O3. The van der Waals surface area contributed by atoms with Gasteiger partial charge in [-0.05, 0) is 24.6 Å². The number of benzene rings is 1. The van der Waals surface area contributed by atoms with Gasteiger partial charge in [0.1, 0.15) is 11.6 Å². The van der Waals surface area contributed by atoms with Crippen molar-refractivity contribution >= 4 is 11.5 Å². The van der Waals surface area contributed by atoms with Crippen molar-refractivity contribution in [2.45, 2.75) is 19.4 Å². The average molecular weight is 252 g/mol. The second-order valence-electron chi connectivity index (χ2n) is 4.43. The Labute approximate surface area is 103 Å². The zero-order chi connectivity index (χ0) is 13.1. The first-order chi connectivity index (χ1) is 8.54. The fraction of sp³-hybridized carbons (Fsp3) is 0.417. The van der Waals surface area contributed by atoms with E-state index in [9.17, 15) is 19.3 Å². The van der Waals surface area contributed by atoms with Crippen molar-refractivity contribution < 1.29 is 14.1 Å². The zero-order valence-corrected chi connectivity index (χ0v) is 9.76. The van der Waals surface area contributed by atoms with Crippen LogP contribution in [0, 0.1) is 15.9 Å². The molecule has 0 N–H and O–H groups in total. The lowest BCUT2D eigenvalue weighted by Gasteiger charge is -2.25. The fourth-order valence-electron chi connectivity index (χ4n) is 2.13. The summed E-state index contributed by atoms with van der Waals surface area (Å²) >= 11 is 0. The van der Waals surface area contributed by atoms with Gasteiger partial charge in [-0.2, -0.15) is 0 Å². The molecule has 1 heterocycles. The second kappa shape index (κ2) is 5.22. The lowest BCUT2D eigenvalue weighted by molar-refractivity contribution is -0.385. The average Bonchev–Trinajstić information content (AvgIpc) is 2.28. The predicted octanol–water partition coefficient (Wildman–Crippen LogP) is 1.90. The Hall–Kier alpha value is -1.82. The third-order valence-corrected chi connectivity index (χ3v) is 2.89. The van der Waals surface area contributed by atoms with Crippen LogP contribution < -0.4 is 0 Å². The van der Waals surface area contributed by atoms with Gasteiger partial charge in [0.25, 0.3) is 5.69 Å². The number of hydrogen-bond donors (Lipinski definition) is 0. The number of piperidine rings is 1. The number of non-ortho nitro benzene ring substituents is 1. The monoisotopic (exact) mass is 252 g/mol. The molecule has 0 unspecified atom stereocenters. The van der Waals surface area contributed by atoms with Crippen LogP contribution in [0.5, 0.6) is 0 Å². The largest absolute Gasteiger partial charge is 0.298 e. The minimum atomic E-state index is -0.623. The van der Waals surface area contributed by atoms with Gasteiger partial charge in [-0.15, -0.1) is 0 Å². The quantitative estimate of drug-likeness (QED) is 0.608. The summed E-state index contributed by atoms with van der Waals surface area (Å²) < 4.78 is 13.2. The molecule has 5 nitrogen and oxygen atoms in total. The number of halogens is 1. The number of carbonyl (C=O) groups is 1. The molecule has 2 rings (SSSR count). The molecule has 96 valence electrons. The molecule has 0 atom stereocenters. The maximum absolute atomic E-state index is 13.2. The van der Waals surface area contributed by atoms with Crippen LogP contribution in [0.1, 0.15) is 18.4 Å². The second-order valence-corrected chi connectivity index (χ2v) is 4.43. The maximum Gasteiger partial charge on any atom is 0.272 e. The number of nitro benzene ring substituents is 1. The number of carbonyl (C=O) groups excluding carboxylic acids is 1. The molecule has 1 saturated heterocycles. The standard InChI is InChI=1S/C12H13FN2O3/c13-10-4-9(5-11(6-10)15(17)18)7-14-3-1-2-12(16)8-14/h4-6H,1-3,7-8H2. The molecule has 0 aliphatic carbocycles. The van der Waals surface area contributed by atoms with E-state index in [1.165, 1.54) is 12.1 Å². The number of likely N-dealkylation sites (tertiary alicyclic amines) is 1. The SMILES string of the molecule is O=C1CCCN(Cc2cc(F)cc([N+](=O)[O-])c2)C1. The highest BCUT2D eigenvalue weighted by molar-refractivity contribution is 5.81. The van der Waals surface area contributed by atoms with Crippen LogP contribution in [0.3, 0.4) is 0 Å². The Morgan fingerprint density at radius 3 is 2.83 bits per heavy atom. The summed E-state index contributed by atoms with van der Waals surface area (Å²) in [5, 5.41) is 10.6. The highest BCUT2D eigenvalue weighted by atomic mass is 19.1. The van der Waals surface area contributed by atoms with E-state index in [0.29, 0.717) is 25.1 Å². The Morgan fingerprint density at radius 1 is 1.39 bits per heavy atom. The number of Topliss-reactive ketones (excluding diaryl/α,β-unsaturated/α-hetero) is 1. The van der Waals surface area contributed by atoms with Crippen LogP contribution in [0.2, 0.25) is 0 Å². The van der Waals surface area contributed by atoms with Crippen LogP contribution >= 0.6 is 0 Å². The van der Waals surface area contributed by atoms with Gasteiger partial charge in [0, 0.05) is 19.0 Å². The normalized spacial score (nSPS) is 16.8. The molecule has 1 fully saturated rings. The number of hydrogen-bond acceptors (Lipinski definition) is 4. The molecule has 1 aliphatic rings. The van der Waals surface area contributed by atoms with E-state index in [-0.39, 0.29) is 11.5 Å². The summed E-state index contributed by atoms with van der Waals surface area (Å²) in [7, 11) is 0. The molecule has 0 aromatic heterocycles. The third-order valence-electron chi connectivity index (χ3n) is 2.89. The van der Waals surface area contributed by atoms with Crippen molar-refractivity contribution in [3.8, 4) is 0 Å². The summed E-state index contributed by atoms with van der Waals surface area (Å²) in [6.07, 6.45) is 1.37. The van der Waals surface area contributed by atoms with Gasteiger partial charge < -0.3 is 0 Å². The maximum atomic E-state index is 13.2. The van der Waals surface area contributed by atoms with E-state index in [1.54, 1.807) is 0 Å². The lowest BCUT2D eigenvalue weighted by Crippen LogP contribution is -2.35. The molecule has 1 aliphatic heterocycles. The summed E-state index contributed by atoms with van der Waals surface area (Å²) in [4.78, 5) is 23.2. The topological polar surface area (TPSA) is 63.5 Å². The van der Waals surface area contributed by atoms with Crippen LogP contribution in [-0.4, -0.2) is 28.7 Å². The first-order valence-corrected chi connectivity index (χ1v) is 5.72. The highest BCUT2D eigenvalue weighted by Crippen LogP contribution is 2.18. The minimum Gasteiger partial charge on any atom is -0.298 e. The molecular weight excluding hydrogens is 239 g/mol. The van der Waals surface area contributed by atoms with Crippen molar-refractivity contribution in [2.24, 2.45) is 0 Å². The fourth-order valence-corrected chi connectivity index (χ4v) is 2.13. The molecule has 0 saturated carbocycles. The summed E-state index contributed by atoms with van der Waals surface area (Å²) in [6, 6.07) is 3.51. The van der Waals surface area contributed by atoms with E-state index in [4.69, 9.17) is 0 Å². The van der Waals surface area contributed by atoms with Gasteiger partial charge in [-0.25, -0.2) is 4.39 Å². The number of nitrogens with zero attached hydrogens (tertiary/aromatic N) is 2. The van der Waals surface area contributed by atoms with Crippen LogP contribution in [0.4, 0.5) is 10.1 Å². The first kappa shape index (κ1) is 12.6. The van der Waals surface area contributed by atoms with Crippen molar-refractivity contribution in [2.75, 3.05) is 13.1 Å². The van der Waals surface area contributed by atoms with Crippen molar-refractivity contribution in [1.29, 1.82) is 0 Å². The van der Waals surface area contributed by atoms with E-state index in [2.05, 4.69) is 0 Å². The van der Waals surface area contributed by atoms with Gasteiger partial charge >= 0.3 is 0 Å². The van der Waals surface area contributed by atoms with Crippen molar-refractivity contribution in [3.63, 3.8) is 0 Å². The van der Waals surface area contributed by atoms with E-state index in [0.717, 1.165) is 19.0 Å². The Morgan fingerprint density at radius 2 is 2.17 bits per heavy atom. The van der Waals surface area contributed by atoms with E-state index in [1.807, 2.05) is 4.90 Å². The number of nitro groups is 1. The molecule has 1 aromatic carbocycles. The summed E-state index contributed by atoms with van der Waals surface area (Å²) in [5.41, 5.74) is 0.268. The molecule has 18 heavy (non-hydrogen) atoms. The highest BCUT2D eigenvalue weighted by Gasteiger charge is 2.18. The van der Waals surface area contributed by atoms with Crippen molar-refractivity contribution in [1.82, 2.24) is 4.90 Å².